The molecule has 7 nitrogen and oxygen atoms in total. The molecule has 27 heavy (non-hydrogen) atoms. The summed E-state index contributed by atoms with van der Waals surface area (Å²) < 4.78 is 15.7. The molecule has 1 heterocycles. The number of hydrogen-bond acceptors (Lipinski definition) is 6. The van der Waals surface area contributed by atoms with E-state index in [0.29, 0.717) is 17.1 Å². The summed E-state index contributed by atoms with van der Waals surface area (Å²) in [5, 5.41) is 2.80. The van der Waals surface area contributed by atoms with E-state index in [2.05, 4.69) is 5.32 Å². The monoisotopic (exact) mass is 370 g/mol. The third kappa shape index (κ3) is 4.49. The molecule has 0 saturated heterocycles. The van der Waals surface area contributed by atoms with Gasteiger partial charge in [0.25, 0.3) is 5.91 Å². The van der Waals surface area contributed by atoms with Gasteiger partial charge in [-0.15, -0.1) is 0 Å². The second-order valence-electron chi connectivity index (χ2n) is 6.42. The minimum Gasteiger partial charge on any atom is -0.454 e. The summed E-state index contributed by atoms with van der Waals surface area (Å²) in [4.78, 5) is 26.2. The first-order chi connectivity index (χ1) is 12.9. The molecule has 0 bridgehead atoms. The molecule has 1 unspecified atom stereocenters. The Morgan fingerprint density at radius 3 is 2.70 bits per heavy atom. The van der Waals surface area contributed by atoms with Crippen LogP contribution in [-0.2, 0) is 9.53 Å². The molecular formula is C20H22N2O5. The lowest BCUT2D eigenvalue weighted by Gasteiger charge is -2.15. The topological polar surface area (TPSA) is 77.1 Å². The van der Waals surface area contributed by atoms with Crippen LogP contribution in [0.4, 0.5) is 5.69 Å². The zero-order chi connectivity index (χ0) is 19.4. The van der Waals surface area contributed by atoms with Crippen LogP contribution in [0.5, 0.6) is 11.5 Å². The van der Waals surface area contributed by atoms with Crippen molar-refractivity contribution in [3.63, 3.8) is 0 Å². The number of anilines is 1. The van der Waals surface area contributed by atoms with Gasteiger partial charge in [-0.1, -0.05) is 12.1 Å². The second kappa shape index (κ2) is 7.99. The lowest BCUT2D eigenvalue weighted by Crippen LogP contribution is -2.31. The van der Waals surface area contributed by atoms with Crippen molar-refractivity contribution in [2.75, 3.05) is 32.4 Å². The molecule has 2 aromatic carbocycles. The zero-order valence-corrected chi connectivity index (χ0v) is 15.5. The molecule has 0 fully saturated rings. The molecule has 0 aliphatic carbocycles. The summed E-state index contributed by atoms with van der Waals surface area (Å²) in [7, 11) is 3.77. The van der Waals surface area contributed by atoms with E-state index in [9.17, 15) is 9.59 Å². The molecule has 0 radical (unpaired) electrons. The molecule has 1 atom stereocenters. The van der Waals surface area contributed by atoms with Gasteiger partial charge < -0.3 is 24.4 Å². The number of carbonyl (C=O) groups excluding carboxylic acids is 2. The number of hydrogen-bond donors (Lipinski definition) is 1. The predicted octanol–water partition coefficient (Wildman–Crippen LogP) is 2.52. The van der Waals surface area contributed by atoms with Gasteiger partial charge >= 0.3 is 5.97 Å². The number of rotatable bonds is 6. The van der Waals surface area contributed by atoms with Crippen LogP contribution in [0.2, 0.25) is 0 Å². The van der Waals surface area contributed by atoms with Crippen LogP contribution < -0.4 is 19.7 Å². The van der Waals surface area contributed by atoms with Gasteiger partial charge in [-0.25, -0.2) is 4.79 Å². The van der Waals surface area contributed by atoms with E-state index in [0.717, 1.165) is 11.3 Å². The summed E-state index contributed by atoms with van der Waals surface area (Å²) in [6.07, 6.45) is 0. The van der Waals surface area contributed by atoms with E-state index in [1.807, 2.05) is 44.1 Å². The Balaban J connectivity index is 1.53. The molecule has 0 saturated carbocycles. The van der Waals surface area contributed by atoms with E-state index in [1.54, 1.807) is 24.3 Å². The molecule has 2 aromatic rings. The number of nitrogens with one attached hydrogen (secondary N) is 1. The molecule has 1 aliphatic heterocycles. The molecule has 142 valence electrons. The van der Waals surface area contributed by atoms with Crippen LogP contribution in [0.1, 0.15) is 28.9 Å². The highest BCUT2D eigenvalue weighted by molar-refractivity contribution is 5.92. The van der Waals surface area contributed by atoms with Crippen molar-refractivity contribution < 1.29 is 23.8 Å². The number of benzene rings is 2. The fourth-order valence-electron chi connectivity index (χ4n) is 2.67. The van der Waals surface area contributed by atoms with E-state index in [-0.39, 0.29) is 25.3 Å². The summed E-state index contributed by atoms with van der Waals surface area (Å²) in [5.74, 6) is 0.425. The average Bonchev–Trinajstić information content (AvgIpc) is 3.13. The first-order valence-corrected chi connectivity index (χ1v) is 8.57. The molecule has 0 spiro atoms. The van der Waals surface area contributed by atoms with Gasteiger partial charge in [0, 0.05) is 19.8 Å². The third-order valence-corrected chi connectivity index (χ3v) is 4.21. The quantitative estimate of drug-likeness (QED) is 0.788. The Morgan fingerprint density at radius 1 is 1.15 bits per heavy atom. The Bertz CT molecular complexity index is 850. The lowest BCUT2D eigenvalue weighted by molar-refractivity contribution is -0.124. The van der Waals surface area contributed by atoms with Crippen molar-refractivity contribution in [1.82, 2.24) is 5.32 Å². The Hall–Kier alpha value is -3.22. The standard InChI is InChI=1S/C20H22N2O5/c1-13(14-7-8-17-18(10-14)27-12-26-17)21-19(23)11-25-20(24)15-5-4-6-16(9-15)22(2)3/h4-10,13H,11-12H2,1-3H3,(H,21,23). The smallest absolute Gasteiger partial charge is 0.338 e. The van der Waals surface area contributed by atoms with Crippen molar-refractivity contribution >= 4 is 17.6 Å². The molecule has 0 aromatic heterocycles. The molecular weight excluding hydrogens is 348 g/mol. The Labute approximate surface area is 157 Å². The zero-order valence-electron chi connectivity index (χ0n) is 15.5. The van der Waals surface area contributed by atoms with E-state index >= 15 is 0 Å². The number of amides is 1. The minimum atomic E-state index is -0.537. The van der Waals surface area contributed by atoms with E-state index < -0.39 is 5.97 Å². The highest BCUT2D eigenvalue weighted by atomic mass is 16.7. The van der Waals surface area contributed by atoms with Gasteiger partial charge in [0.05, 0.1) is 11.6 Å². The Morgan fingerprint density at radius 2 is 1.93 bits per heavy atom. The van der Waals surface area contributed by atoms with E-state index in [1.165, 1.54) is 0 Å². The van der Waals surface area contributed by atoms with Gasteiger partial charge in [0.2, 0.25) is 6.79 Å². The van der Waals surface area contributed by atoms with Crippen molar-refractivity contribution in [1.29, 1.82) is 0 Å². The number of nitrogens with zero attached hydrogens (tertiary/aromatic N) is 1. The average molecular weight is 370 g/mol. The minimum absolute atomic E-state index is 0.199. The van der Waals surface area contributed by atoms with Crippen LogP contribution >= 0.6 is 0 Å². The summed E-state index contributed by atoms with van der Waals surface area (Å²) in [6, 6.07) is 12.3. The van der Waals surface area contributed by atoms with Crippen molar-refractivity contribution in [2.45, 2.75) is 13.0 Å². The molecule has 1 aliphatic rings. The fourth-order valence-corrected chi connectivity index (χ4v) is 2.67. The number of esters is 1. The molecule has 3 rings (SSSR count). The predicted molar refractivity (Wildman–Crippen MR) is 100 cm³/mol. The van der Waals surface area contributed by atoms with Crippen LogP contribution in [0.3, 0.4) is 0 Å². The highest BCUT2D eigenvalue weighted by Crippen LogP contribution is 2.34. The van der Waals surface area contributed by atoms with Gasteiger partial charge in [-0.3, -0.25) is 4.79 Å². The Kier molecular flexibility index (Phi) is 5.49. The van der Waals surface area contributed by atoms with Crippen LogP contribution in [0.15, 0.2) is 42.5 Å². The maximum Gasteiger partial charge on any atom is 0.338 e. The first kappa shape index (κ1) is 18.6. The maximum absolute atomic E-state index is 12.2. The molecule has 7 heteroatoms. The van der Waals surface area contributed by atoms with Crippen LogP contribution in [0.25, 0.3) is 0 Å². The van der Waals surface area contributed by atoms with Crippen molar-refractivity contribution in [2.24, 2.45) is 0 Å². The van der Waals surface area contributed by atoms with Gasteiger partial charge in [-0.05, 0) is 42.8 Å². The van der Waals surface area contributed by atoms with Gasteiger partial charge in [0.15, 0.2) is 18.1 Å². The van der Waals surface area contributed by atoms with Gasteiger partial charge in [-0.2, -0.15) is 0 Å². The molecule has 1 N–H and O–H groups in total. The SMILES string of the molecule is CC(NC(=O)COC(=O)c1cccc(N(C)C)c1)c1ccc2c(c1)OCO2. The summed E-state index contributed by atoms with van der Waals surface area (Å²) in [5.41, 5.74) is 2.15. The fraction of sp³-hybridized carbons (Fsp3) is 0.300. The second-order valence-corrected chi connectivity index (χ2v) is 6.42. The summed E-state index contributed by atoms with van der Waals surface area (Å²) >= 11 is 0. The van der Waals surface area contributed by atoms with Crippen molar-refractivity contribution in [3.8, 4) is 11.5 Å². The first-order valence-electron chi connectivity index (χ1n) is 8.57. The molecule has 1 amide bonds. The maximum atomic E-state index is 12.2. The van der Waals surface area contributed by atoms with E-state index in [4.69, 9.17) is 14.2 Å². The normalized spacial score (nSPS) is 13.0. The van der Waals surface area contributed by atoms with Crippen LogP contribution in [0, 0.1) is 0 Å². The number of ether oxygens (including phenoxy) is 3. The number of carbonyl (C=O) groups is 2. The number of fused-ring (bicyclic) bond motifs is 1. The third-order valence-electron chi connectivity index (χ3n) is 4.21. The highest BCUT2D eigenvalue weighted by Gasteiger charge is 2.18. The summed E-state index contributed by atoms with van der Waals surface area (Å²) in [6.45, 7) is 1.70. The van der Waals surface area contributed by atoms with Crippen molar-refractivity contribution in [3.05, 3.63) is 53.6 Å². The van der Waals surface area contributed by atoms with Gasteiger partial charge in [0.1, 0.15) is 0 Å². The van der Waals surface area contributed by atoms with Crippen LogP contribution in [-0.4, -0.2) is 39.4 Å². The largest absolute Gasteiger partial charge is 0.454 e. The lowest BCUT2D eigenvalue weighted by atomic mass is 10.1.